The molecule has 0 aromatic heterocycles. The number of unbranched alkanes of at least 4 members (excludes halogenated alkanes) is 3. The molecule has 1 aliphatic carbocycles. The quantitative estimate of drug-likeness (QED) is 0.182. The molecule has 0 aromatic carbocycles. The van der Waals surface area contributed by atoms with Gasteiger partial charge in [0.2, 0.25) is 0 Å². The van der Waals surface area contributed by atoms with Crippen LogP contribution >= 0.6 is 0 Å². The first-order chi connectivity index (χ1) is 17.0. The summed E-state index contributed by atoms with van der Waals surface area (Å²) in [6.07, 6.45) is 9.97. The summed E-state index contributed by atoms with van der Waals surface area (Å²) in [7, 11) is -1.84. The third-order valence-corrected chi connectivity index (χ3v) is 31.8. The molecule has 4 fully saturated rings. The first-order valence-electron chi connectivity index (χ1n) is 15.5. The Morgan fingerprint density at radius 1 is 0.944 bits per heavy atom. The summed E-state index contributed by atoms with van der Waals surface area (Å²) in [5.41, 5.74) is 0.395. The van der Waals surface area contributed by atoms with Crippen LogP contribution in [0.25, 0.3) is 0 Å². The molecular formula is C30H58O4SiSn. The number of ether oxygens (including phenoxy) is 3. The van der Waals surface area contributed by atoms with Gasteiger partial charge in [0, 0.05) is 0 Å². The van der Waals surface area contributed by atoms with Crippen LogP contribution in [0.15, 0.2) is 0 Å². The molecule has 0 bridgehead atoms. The van der Waals surface area contributed by atoms with Crippen molar-refractivity contribution in [1.29, 1.82) is 0 Å². The van der Waals surface area contributed by atoms with E-state index in [1.807, 2.05) is 0 Å². The summed E-state index contributed by atoms with van der Waals surface area (Å²) in [5, 5.41) is 0.207. The topological polar surface area (TPSA) is 36.9 Å². The van der Waals surface area contributed by atoms with Gasteiger partial charge in [-0.15, -0.1) is 0 Å². The van der Waals surface area contributed by atoms with Gasteiger partial charge in [-0.25, -0.2) is 0 Å². The van der Waals surface area contributed by atoms with Crippen LogP contribution < -0.4 is 0 Å². The second-order valence-corrected chi connectivity index (χ2v) is 33.3. The molecular weight excluding hydrogens is 571 g/mol. The van der Waals surface area contributed by atoms with E-state index in [-0.39, 0.29) is 23.5 Å². The average molecular weight is 630 g/mol. The van der Waals surface area contributed by atoms with Crippen molar-refractivity contribution in [3.8, 4) is 0 Å². The number of hydrogen-bond acceptors (Lipinski definition) is 4. The monoisotopic (exact) mass is 630 g/mol. The Bertz CT molecular complexity index is 702. The predicted molar refractivity (Wildman–Crippen MR) is 155 cm³/mol. The Hall–Kier alpha value is 0.856. The van der Waals surface area contributed by atoms with Crippen molar-refractivity contribution in [1.82, 2.24) is 0 Å². The molecule has 3 aliphatic heterocycles. The normalized spacial score (nSPS) is 36.0. The second kappa shape index (κ2) is 11.8. The number of hydrogen-bond donors (Lipinski definition) is 0. The van der Waals surface area contributed by atoms with Crippen LogP contribution in [0.2, 0.25) is 35.9 Å². The zero-order chi connectivity index (χ0) is 26.2. The molecule has 4 rings (SSSR count). The second-order valence-electron chi connectivity index (χ2n) is 14.6. The summed E-state index contributed by atoms with van der Waals surface area (Å²) in [5.74, 6) is 1.85. The van der Waals surface area contributed by atoms with Gasteiger partial charge in [-0.3, -0.25) is 0 Å². The molecule has 0 spiro atoms. The van der Waals surface area contributed by atoms with E-state index < -0.39 is 26.7 Å². The molecule has 0 unspecified atom stereocenters. The van der Waals surface area contributed by atoms with Crippen LogP contribution in [0.5, 0.6) is 0 Å². The van der Waals surface area contributed by atoms with E-state index in [0.29, 0.717) is 29.8 Å². The molecule has 4 nitrogen and oxygen atoms in total. The zero-order valence-electron chi connectivity index (χ0n) is 25.0. The van der Waals surface area contributed by atoms with Gasteiger partial charge in [-0.05, 0) is 0 Å². The van der Waals surface area contributed by atoms with Crippen molar-refractivity contribution in [3.05, 3.63) is 0 Å². The van der Waals surface area contributed by atoms with E-state index in [2.05, 4.69) is 54.6 Å². The van der Waals surface area contributed by atoms with Gasteiger partial charge in [0.05, 0.1) is 0 Å². The number of rotatable bonds is 14. The van der Waals surface area contributed by atoms with Gasteiger partial charge >= 0.3 is 229 Å². The van der Waals surface area contributed by atoms with E-state index >= 15 is 0 Å². The van der Waals surface area contributed by atoms with Crippen LogP contribution in [-0.4, -0.2) is 65.0 Å². The molecule has 0 amide bonds. The first kappa shape index (κ1) is 29.8. The first-order valence-corrected chi connectivity index (χ1v) is 26.5. The van der Waals surface area contributed by atoms with E-state index in [9.17, 15) is 0 Å². The fourth-order valence-corrected chi connectivity index (χ4v) is 27.9. The van der Waals surface area contributed by atoms with Crippen molar-refractivity contribution >= 4 is 26.7 Å². The zero-order valence-corrected chi connectivity index (χ0v) is 28.9. The van der Waals surface area contributed by atoms with Gasteiger partial charge < -0.3 is 0 Å². The van der Waals surface area contributed by atoms with Gasteiger partial charge in [-0.2, -0.15) is 0 Å². The van der Waals surface area contributed by atoms with Crippen molar-refractivity contribution in [3.63, 3.8) is 0 Å². The van der Waals surface area contributed by atoms with Gasteiger partial charge in [0.1, 0.15) is 0 Å². The molecule has 6 heteroatoms. The van der Waals surface area contributed by atoms with Crippen LogP contribution in [0.4, 0.5) is 0 Å². The summed E-state index contributed by atoms with van der Waals surface area (Å²) >= 11 is -2.32. The molecule has 7 atom stereocenters. The maximum atomic E-state index is 6.83. The molecule has 36 heavy (non-hydrogen) atoms. The predicted octanol–water partition coefficient (Wildman–Crippen LogP) is 8.25. The molecule has 0 aromatic rings. The Kier molecular flexibility index (Phi) is 9.75. The van der Waals surface area contributed by atoms with Crippen LogP contribution in [-0.2, 0) is 18.6 Å². The van der Waals surface area contributed by atoms with Crippen molar-refractivity contribution in [2.24, 2.45) is 23.2 Å². The minimum atomic E-state index is -2.32. The maximum absolute atomic E-state index is 6.83. The Morgan fingerprint density at radius 3 is 2.11 bits per heavy atom. The van der Waals surface area contributed by atoms with Gasteiger partial charge in [0.25, 0.3) is 0 Å². The third-order valence-electron chi connectivity index (χ3n) is 11.0. The van der Waals surface area contributed by atoms with Crippen LogP contribution in [0.3, 0.4) is 0 Å². The van der Waals surface area contributed by atoms with Crippen molar-refractivity contribution < 1.29 is 18.6 Å². The van der Waals surface area contributed by atoms with Crippen LogP contribution in [0, 0.1) is 23.2 Å². The van der Waals surface area contributed by atoms with E-state index in [1.54, 1.807) is 17.7 Å². The average Bonchev–Trinajstić information content (AvgIpc) is 3.47. The molecule has 1 saturated carbocycles. The summed E-state index contributed by atoms with van der Waals surface area (Å²) in [6, 6.07) is 0. The summed E-state index contributed by atoms with van der Waals surface area (Å²) in [4.78, 5) is 0. The Labute approximate surface area is 228 Å². The molecule has 0 radical (unpaired) electrons. The van der Waals surface area contributed by atoms with Gasteiger partial charge in [-0.1, -0.05) is 0 Å². The Morgan fingerprint density at radius 2 is 1.56 bits per heavy atom. The third kappa shape index (κ3) is 5.82. The SMILES string of the molecule is CCC[CH2][Sn]([CH2]CCC)([CH2]CCC)[CH2][C@@]12CO[C@H]3[C@@H]1[C@H]1[C@H](CO[C@H]1O[C@@H]3CO[Si](C)(C)C(C)(C)C)C2. The van der Waals surface area contributed by atoms with Crippen LogP contribution in [0.1, 0.15) is 86.5 Å². The standard InChI is InChI=1S/C18H31O4Si.3C4H9.Sn/c1-17(2,3)23(5,6)21-9-12-15-14-13-11(8-19-16(13)22-12)7-18(14,4)10-20-15;3*1-3-4-2;/h11-16H,4,7-10H2,1-3,5-6H3;3*1,3-4H2,2H3;/t11-,12+,13+,14-,15+,16-,18+;;;;/m0..../s1. The van der Waals surface area contributed by atoms with E-state index in [1.165, 1.54) is 44.9 Å². The van der Waals surface area contributed by atoms with Crippen molar-refractivity contribution in [2.75, 3.05) is 19.8 Å². The fraction of sp³-hybridized carbons (Fsp3) is 1.00. The van der Waals surface area contributed by atoms with Crippen molar-refractivity contribution in [2.45, 2.75) is 141 Å². The molecule has 3 heterocycles. The van der Waals surface area contributed by atoms with E-state index in [0.717, 1.165) is 13.2 Å². The van der Waals surface area contributed by atoms with E-state index in [4.69, 9.17) is 18.6 Å². The van der Waals surface area contributed by atoms with Gasteiger partial charge in [0.15, 0.2) is 0 Å². The molecule has 3 saturated heterocycles. The molecule has 4 aliphatic rings. The molecule has 210 valence electrons. The Balaban J connectivity index is 1.58. The molecule has 0 N–H and O–H groups in total. The summed E-state index contributed by atoms with van der Waals surface area (Å²) in [6.45, 7) is 21.4. The summed E-state index contributed by atoms with van der Waals surface area (Å²) < 4.78 is 32.9. The minimum absolute atomic E-state index is 0.0237. The fourth-order valence-electron chi connectivity index (χ4n) is 8.12.